The molecule has 1 N–H and O–H groups in total. The third kappa shape index (κ3) is 5.35. The van der Waals surface area contributed by atoms with E-state index in [9.17, 15) is 4.79 Å². The smallest absolute Gasteiger partial charge is 0.221 e. The van der Waals surface area contributed by atoms with Crippen LogP contribution < -0.4 is 10.1 Å². The van der Waals surface area contributed by atoms with Crippen molar-refractivity contribution in [3.63, 3.8) is 0 Å². The van der Waals surface area contributed by atoms with Gasteiger partial charge in [0.1, 0.15) is 12.4 Å². The summed E-state index contributed by atoms with van der Waals surface area (Å²) in [7, 11) is 0. The molecule has 2 aromatic carbocycles. The van der Waals surface area contributed by atoms with Crippen LogP contribution in [-0.4, -0.2) is 37.0 Å². The van der Waals surface area contributed by atoms with E-state index >= 15 is 0 Å². The number of nitrogens with zero attached hydrogens (tertiary/aromatic N) is 1. The third-order valence-electron chi connectivity index (χ3n) is 4.36. The van der Waals surface area contributed by atoms with Crippen LogP contribution in [0.15, 0.2) is 54.6 Å². The van der Waals surface area contributed by atoms with Crippen LogP contribution in [0.2, 0.25) is 5.02 Å². The van der Waals surface area contributed by atoms with E-state index in [-0.39, 0.29) is 5.91 Å². The second-order valence-corrected chi connectivity index (χ2v) is 6.78. The molecule has 0 atom stereocenters. The quantitative estimate of drug-likeness (QED) is 0.815. The molecule has 1 aliphatic heterocycles. The summed E-state index contributed by atoms with van der Waals surface area (Å²) in [6.07, 6.45) is 3.32. The fourth-order valence-corrected chi connectivity index (χ4v) is 3.10. The molecule has 26 heavy (non-hydrogen) atoms. The Morgan fingerprint density at radius 3 is 2.50 bits per heavy atom. The predicted octanol–water partition coefficient (Wildman–Crippen LogP) is 4.47. The number of carbonyl (C=O) groups is 1. The Hall–Kier alpha value is -2.30. The molecule has 0 spiro atoms. The Kier molecular flexibility index (Phi) is 6.31. The van der Waals surface area contributed by atoms with E-state index in [0.717, 1.165) is 42.5 Å². The van der Waals surface area contributed by atoms with Crippen molar-refractivity contribution in [2.45, 2.75) is 13.3 Å². The zero-order valence-electron chi connectivity index (χ0n) is 14.9. The van der Waals surface area contributed by atoms with E-state index in [4.69, 9.17) is 16.3 Å². The van der Waals surface area contributed by atoms with Crippen LogP contribution in [0.5, 0.6) is 5.75 Å². The monoisotopic (exact) mass is 370 g/mol. The van der Waals surface area contributed by atoms with Crippen LogP contribution in [-0.2, 0) is 4.79 Å². The number of hydrogen-bond donors (Lipinski definition) is 1. The number of carbonyl (C=O) groups excluding carboxylic acids is 1. The van der Waals surface area contributed by atoms with Gasteiger partial charge in [-0.15, -0.1) is 0 Å². The molecule has 4 nitrogen and oxygen atoms in total. The van der Waals surface area contributed by atoms with Crippen LogP contribution in [0.4, 0.5) is 5.69 Å². The molecule has 0 fully saturated rings. The van der Waals surface area contributed by atoms with Crippen LogP contribution in [0.1, 0.15) is 18.9 Å². The molecule has 0 unspecified atom stereocenters. The number of anilines is 1. The van der Waals surface area contributed by atoms with Crippen molar-refractivity contribution >= 4 is 28.8 Å². The summed E-state index contributed by atoms with van der Waals surface area (Å²) < 4.78 is 5.80. The normalized spacial score (nSPS) is 14.6. The van der Waals surface area contributed by atoms with Crippen molar-refractivity contribution < 1.29 is 9.53 Å². The lowest BCUT2D eigenvalue weighted by Gasteiger charge is -2.26. The van der Waals surface area contributed by atoms with Gasteiger partial charge in [0.05, 0.1) is 0 Å². The fraction of sp³-hybridized carbons (Fsp3) is 0.286. The number of rotatable bonds is 6. The summed E-state index contributed by atoms with van der Waals surface area (Å²) in [6, 6.07) is 15.5. The first-order valence-corrected chi connectivity index (χ1v) is 9.16. The van der Waals surface area contributed by atoms with Gasteiger partial charge in [0, 0.05) is 37.3 Å². The molecule has 0 aromatic heterocycles. The van der Waals surface area contributed by atoms with E-state index < -0.39 is 0 Å². The summed E-state index contributed by atoms with van der Waals surface area (Å²) >= 11 is 5.95. The standard InChI is InChI=1S/C21H23ClN2O2/c1-16(25)23-20-6-8-21(9-7-20)26-15-14-24-12-10-18(11-13-24)17-2-4-19(22)5-3-17/h2-10H,11-15H2,1H3,(H,23,25). The van der Waals surface area contributed by atoms with Crippen molar-refractivity contribution in [2.75, 3.05) is 31.6 Å². The molecular formula is C21H23ClN2O2. The second kappa shape index (κ2) is 8.88. The van der Waals surface area contributed by atoms with Crippen molar-refractivity contribution in [1.82, 2.24) is 4.90 Å². The molecule has 0 saturated heterocycles. The minimum Gasteiger partial charge on any atom is -0.492 e. The van der Waals surface area contributed by atoms with Crippen LogP contribution >= 0.6 is 11.6 Å². The third-order valence-corrected chi connectivity index (χ3v) is 4.61. The summed E-state index contributed by atoms with van der Waals surface area (Å²) in [5.74, 6) is 0.739. The van der Waals surface area contributed by atoms with Gasteiger partial charge < -0.3 is 10.1 Å². The maximum absolute atomic E-state index is 11.0. The van der Waals surface area contributed by atoms with Gasteiger partial charge in [-0.25, -0.2) is 0 Å². The number of halogens is 1. The van der Waals surface area contributed by atoms with Crippen molar-refractivity contribution in [2.24, 2.45) is 0 Å². The van der Waals surface area contributed by atoms with Gasteiger partial charge >= 0.3 is 0 Å². The van der Waals surface area contributed by atoms with Crippen molar-refractivity contribution in [3.05, 3.63) is 65.2 Å². The highest BCUT2D eigenvalue weighted by molar-refractivity contribution is 6.30. The molecule has 0 radical (unpaired) electrons. The van der Waals surface area contributed by atoms with Gasteiger partial charge in [-0.3, -0.25) is 9.69 Å². The van der Waals surface area contributed by atoms with Gasteiger partial charge in [0.15, 0.2) is 0 Å². The fourth-order valence-electron chi connectivity index (χ4n) is 2.97. The van der Waals surface area contributed by atoms with Gasteiger partial charge in [-0.2, -0.15) is 0 Å². The lowest BCUT2D eigenvalue weighted by Crippen LogP contribution is -2.32. The van der Waals surface area contributed by atoms with E-state index in [1.54, 1.807) is 0 Å². The molecule has 0 bridgehead atoms. The summed E-state index contributed by atoms with van der Waals surface area (Å²) in [5, 5.41) is 3.52. The summed E-state index contributed by atoms with van der Waals surface area (Å²) in [4.78, 5) is 13.4. The van der Waals surface area contributed by atoms with E-state index in [1.165, 1.54) is 18.1 Å². The van der Waals surface area contributed by atoms with E-state index in [2.05, 4.69) is 28.4 Å². The molecule has 136 valence electrons. The van der Waals surface area contributed by atoms with Gasteiger partial charge in [-0.05, 0) is 54.0 Å². The molecule has 5 heteroatoms. The number of benzene rings is 2. The van der Waals surface area contributed by atoms with E-state index in [0.29, 0.717) is 6.61 Å². The van der Waals surface area contributed by atoms with Crippen molar-refractivity contribution in [1.29, 1.82) is 0 Å². The maximum atomic E-state index is 11.0. The minimum absolute atomic E-state index is 0.0743. The molecule has 0 aliphatic carbocycles. The summed E-state index contributed by atoms with van der Waals surface area (Å²) in [5.41, 5.74) is 3.41. The van der Waals surface area contributed by atoms with Gasteiger partial charge in [-0.1, -0.05) is 29.8 Å². The number of ether oxygens (including phenoxy) is 1. The molecule has 1 heterocycles. The molecule has 2 aromatic rings. The van der Waals surface area contributed by atoms with Gasteiger partial charge in [0.2, 0.25) is 5.91 Å². The highest BCUT2D eigenvalue weighted by Gasteiger charge is 2.12. The Morgan fingerprint density at radius 2 is 1.88 bits per heavy atom. The molecule has 1 amide bonds. The molecule has 1 aliphatic rings. The first-order chi connectivity index (χ1) is 12.6. The topological polar surface area (TPSA) is 41.6 Å². The van der Waals surface area contributed by atoms with E-state index in [1.807, 2.05) is 36.4 Å². The van der Waals surface area contributed by atoms with Crippen LogP contribution in [0.25, 0.3) is 5.57 Å². The highest BCUT2D eigenvalue weighted by atomic mass is 35.5. The molecule has 3 rings (SSSR count). The van der Waals surface area contributed by atoms with Crippen LogP contribution in [0, 0.1) is 0 Å². The predicted molar refractivity (Wildman–Crippen MR) is 107 cm³/mol. The Morgan fingerprint density at radius 1 is 1.15 bits per heavy atom. The lowest BCUT2D eigenvalue weighted by molar-refractivity contribution is -0.114. The molecule has 0 saturated carbocycles. The zero-order chi connectivity index (χ0) is 18.4. The SMILES string of the molecule is CC(=O)Nc1ccc(OCCN2CC=C(c3ccc(Cl)cc3)CC2)cc1. The Labute approximate surface area is 159 Å². The first-order valence-electron chi connectivity index (χ1n) is 8.78. The summed E-state index contributed by atoms with van der Waals surface area (Å²) in [6.45, 7) is 4.99. The van der Waals surface area contributed by atoms with Crippen molar-refractivity contribution in [3.8, 4) is 5.75 Å². The average molecular weight is 371 g/mol. The minimum atomic E-state index is -0.0743. The zero-order valence-corrected chi connectivity index (χ0v) is 15.6. The largest absolute Gasteiger partial charge is 0.492 e. The highest BCUT2D eigenvalue weighted by Crippen LogP contribution is 2.23. The maximum Gasteiger partial charge on any atom is 0.221 e. The number of amides is 1. The average Bonchev–Trinajstić information content (AvgIpc) is 2.64. The number of hydrogen-bond acceptors (Lipinski definition) is 3. The first kappa shape index (κ1) is 18.5. The molecular weight excluding hydrogens is 348 g/mol. The Bertz CT molecular complexity index is 770. The number of nitrogens with one attached hydrogen (secondary N) is 1. The Balaban J connectivity index is 1.43. The van der Waals surface area contributed by atoms with Crippen LogP contribution in [0.3, 0.4) is 0 Å². The second-order valence-electron chi connectivity index (χ2n) is 6.34. The lowest BCUT2D eigenvalue weighted by atomic mass is 10.00. The van der Waals surface area contributed by atoms with Gasteiger partial charge in [0.25, 0.3) is 0 Å².